The summed E-state index contributed by atoms with van der Waals surface area (Å²) in [6.07, 6.45) is 6.68. The number of nitrogens with one attached hydrogen (secondary N) is 1. The van der Waals surface area contributed by atoms with Gasteiger partial charge in [0.15, 0.2) is 0 Å². The molecule has 3 aromatic rings. The van der Waals surface area contributed by atoms with Gasteiger partial charge >= 0.3 is 0 Å². The summed E-state index contributed by atoms with van der Waals surface area (Å²) in [6, 6.07) is 13.9. The normalized spacial score (nSPS) is 13.9. The van der Waals surface area contributed by atoms with Crippen LogP contribution in [0.25, 0.3) is 5.69 Å². The molecule has 0 atom stereocenters. The monoisotopic (exact) mass is 408 g/mol. The second-order valence-electron chi connectivity index (χ2n) is 6.99. The summed E-state index contributed by atoms with van der Waals surface area (Å²) >= 11 is 6.13. The fraction of sp³-hybridized carbons (Fsp3) is 0.227. The topological polar surface area (TPSA) is 67.2 Å². The van der Waals surface area contributed by atoms with E-state index in [4.69, 9.17) is 11.6 Å². The summed E-state index contributed by atoms with van der Waals surface area (Å²) in [6.45, 7) is 1.48. The molecule has 1 fully saturated rings. The van der Waals surface area contributed by atoms with Crippen molar-refractivity contribution in [3.05, 3.63) is 77.1 Å². The quantitative estimate of drug-likeness (QED) is 0.695. The van der Waals surface area contributed by atoms with Gasteiger partial charge in [0, 0.05) is 36.1 Å². The molecule has 1 aromatic heterocycles. The lowest BCUT2D eigenvalue weighted by molar-refractivity contribution is 0.0725. The molecule has 0 unspecified atom stereocenters. The lowest BCUT2D eigenvalue weighted by Crippen LogP contribution is -2.36. The Morgan fingerprint density at radius 1 is 1.00 bits per heavy atom. The van der Waals surface area contributed by atoms with E-state index in [1.54, 1.807) is 41.2 Å². The smallest absolute Gasteiger partial charge is 0.255 e. The molecule has 0 radical (unpaired) electrons. The largest absolute Gasteiger partial charge is 0.339 e. The van der Waals surface area contributed by atoms with Gasteiger partial charge in [-0.05, 0) is 67.8 Å². The molecule has 0 saturated carbocycles. The Hall–Kier alpha value is -3.12. The second kappa shape index (κ2) is 8.49. The number of hydrogen-bond donors (Lipinski definition) is 1. The third-order valence-electron chi connectivity index (χ3n) is 5.00. The predicted octanol–water partition coefficient (Wildman–Crippen LogP) is 4.40. The number of anilines is 1. The summed E-state index contributed by atoms with van der Waals surface area (Å²) in [5.41, 5.74) is 2.22. The van der Waals surface area contributed by atoms with E-state index >= 15 is 0 Å². The molecule has 2 amide bonds. The van der Waals surface area contributed by atoms with Crippen LogP contribution in [-0.2, 0) is 0 Å². The molecule has 1 aliphatic rings. The average molecular weight is 409 g/mol. The molecule has 2 aromatic carbocycles. The van der Waals surface area contributed by atoms with E-state index in [0.29, 0.717) is 21.8 Å². The Balaban J connectivity index is 1.54. The van der Waals surface area contributed by atoms with Gasteiger partial charge in [-0.25, -0.2) is 4.68 Å². The van der Waals surface area contributed by atoms with E-state index in [2.05, 4.69) is 10.4 Å². The van der Waals surface area contributed by atoms with E-state index in [1.165, 1.54) is 0 Å². The van der Waals surface area contributed by atoms with Crippen molar-refractivity contribution >= 4 is 29.1 Å². The molecule has 0 aliphatic carbocycles. The lowest BCUT2D eigenvalue weighted by Gasteiger charge is -2.27. The number of amides is 2. The number of rotatable bonds is 4. The zero-order valence-electron chi connectivity index (χ0n) is 15.8. The van der Waals surface area contributed by atoms with E-state index in [-0.39, 0.29) is 11.8 Å². The van der Waals surface area contributed by atoms with Crippen molar-refractivity contribution in [2.75, 3.05) is 18.4 Å². The fourth-order valence-corrected chi connectivity index (χ4v) is 3.63. The first kappa shape index (κ1) is 19.2. The lowest BCUT2D eigenvalue weighted by atomic mass is 10.1. The van der Waals surface area contributed by atoms with Gasteiger partial charge in [0.1, 0.15) is 0 Å². The van der Waals surface area contributed by atoms with Crippen molar-refractivity contribution in [2.45, 2.75) is 19.3 Å². The molecule has 1 saturated heterocycles. The van der Waals surface area contributed by atoms with Crippen LogP contribution in [0, 0.1) is 0 Å². The number of piperidine rings is 1. The number of benzene rings is 2. The molecule has 2 heterocycles. The molecule has 29 heavy (non-hydrogen) atoms. The summed E-state index contributed by atoms with van der Waals surface area (Å²) < 4.78 is 1.72. The van der Waals surface area contributed by atoms with Gasteiger partial charge in [0.2, 0.25) is 0 Å². The Morgan fingerprint density at radius 3 is 2.45 bits per heavy atom. The number of carbonyl (C=O) groups excluding carboxylic acids is 2. The highest BCUT2D eigenvalue weighted by Gasteiger charge is 2.22. The van der Waals surface area contributed by atoms with Gasteiger partial charge in [-0.1, -0.05) is 11.6 Å². The highest BCUT2D eigenvalue weighted by Crippen LogP contribution is 2.25. The number of likely N-dealkylation sites (tertiary alicyclic amines) is 1. The first-order valence-electron chi connectivity index (χ1n) is 9.62. The van der Waals surface area contributed by atoms with E-state index in [1.807, 2.05) is 29.3 Å². The van der Waals surface area contributed by atoms with Gasteiger partial charge in [0.25, 0.3) is 11.8 Å². The number of aromatic nitrogens is 2. The number of carbonyl (C=O) groups is 2. The van der Waals surface area contributed by atoms with Crippen LogP contribution in [0.1, 0.15) is 40.0 Å². The molecule has 1 N–H and O–H groups in total. The van der Waals surface area contributed by atoms with Crippen LogP contribution in [0.15, 0.2) is 60.9 Å². The summed E-state index contributed by atoms with van der Waals surface area (Å²) in [4.78, 5) is 27.6. The zero-order chi connectivity index (χ0) is 20.2. The Bertz CT molecular complexity index is 1010. The Kier molecular flexibility index (Phi) is 5.62. The summed E-state index contributed by atoms with van der Waals surface area (Å²) in [5.74, 6) is -0.377. The first-order chi connectivity index (χ1) is 14.1. The molecule has 1 aliphatic heterocycles. The molecular weight excluding hydrogens is 388 g/mol. The number of nitrogens with zero attached hydrogens (tertiary/aromatic N) is 3. The van der Waals surface area contributed by atoms with Crippen molar-refractivity contribution in [1.82, 2.24) is 14.7 Å². The fourth-order valence-electron chi connectivity index (χ4n) is 3.46. The zero-order valence-corrected chi connectivity index (χ0v) is 16.6. The SMILES string of the molecule is O=C(Nc1cc(Cl)ccc1C(=O)N1CCCCC1)c1ccc(-n2cccn2)cc1. The predicted molar refractivity (Wildman–Crippen MR) is 113 cm³/mol. The van der Waals surface area contributed by atoms with Gasteiger partial charge in [0.05, 0.1) is 16.9 Å². The molecule has 148 valence electrons. The number of hydrogen-bond acceptors (Lipinski definition) is 3. The molecule has 4 rings (SSSR count). The highest BCUT2D eigenvalue weighted by molar-refractivity contribution is 6.31. The van der Waals surface area contributed by atoms with Crippen LogP contribution in [0.4, 0.5) is 5.69 Å². The third kappa shape index (κ3) is 4.32. The van der Waals surface area contributed by atoms with Gasteiger partial charge < -0.3 is 10.2 Å². The van der Waals surface area contributed by atoms with Gasteiger partial charge in [-0.15, -0.1) is 0 Å². The van der Waals surface area contributed by atoms with Crippen molar-refractivity contribution in [1.29, 1.82) is 0 Å². The molecule has 6 nitrogen and oxygen atoms in total. The minimum atomic E-state index is -0.299. The van der Waals surface area contributed by atoms with Crippen LogP contribution in [0.2, 0.25) is 5.02 Å². The molecular formula is C22H21ClN4O2. The van der Waals surface area contributed by atoms with Gasteiger partial charge in [-0.2, -0.15) is 5.10 Å². The van der Waals surface area contributed by atoms with Crippen molar-refractivity contribution in [3.63, 3.8) is 0 Å². The van der Waals surface area contributed by atoms with Crippen LogP contribution >= 0.6 is 11.6 Å². The van der Waals surface area contributed by atoms with E-state index in [9.17, 15) is 9.59 Å². The second-order valence-corrected chi connectivity index (χ2v) is 7.43. The maximum Gasteiger partial charge on any atom is 0.255 e. The van der Waals surface area contributed by atoms with Crippen LogP contribution < -0.4 is 5.32 Å². The van der Waals surface area contributed by atoms with Crippen molar-refractivity contribution in [3.8, 4) is 5.69 Å². The molecule has 0 bridgehead atoms. The minimum absolute atomic E-state index is 0.0781. The van der Waals surface area contributed by atoms with Crippen molar-refractivity contribution in [2.24, 2.45) is 0 Å². The third-order valence-corrected chi connectivity index (χ3v) is 5.24. The maximum absolute atomic E-state index is 12.9. The van der Waals surface area contributed by atoms with Crippen LogP contribution in [-0.4, -0.2) is 39.6 Å². The maximum atomic E-state index is 12.9. The molecule has 0 spiro atoms. The Labute approximate surface area is 174 Å². The first-order valence-corrected chi connectivity index (χ1v) is 10.00. The summed E-state index contributed by atoms with van der Waals surface area (Å²) in [7, 11) is 0. The van der Waals surface area contributed by atoms with Crippen molar-refractivity contribution < 1.29 is 9.59 Å². The minimum Gasteiger partial charge on any atom is -0.339 e. The van der Waals surface area contributed by atoms with Crippen LogP contribution in [0.5, 0.6) is 0 Å². The number of halogens is 1. The van der Waals surface area contributed by atoms with E-state index < -0.39 is 0 Å². The van der Waals surface area contributed by atoms with Crippen LogP contribution in [0.3, 0.4) is 0 Å². The van der Waals surface area contributed by atoms with E-state index in [0.717, 1.165) is 38.0 Å². The Morgan fingerprint density at radius 2 is 1.76 bits per heavy atom. The highest BCUT2D eigenvalue weighted by atomic mass is 35.5. The average Bonchev–Trinajstić information content (AvgIpc) is 3.29. The van der Waals surface area contributed by atoms with Gasteiger partial charge in [-0.3, -0.25) is 9.59 Å². The standard InChI is InChI=1S/C22H21ClN4O2/c23-17-7-10-19(22(29)26-12-2-1-3-13-26)20(15-17)25-21(28)16-5-8-18(9-6-16)27-14-4-11-24-27/h4-11,14-15H,1-3,12-13H2,(H,25,28). The summed E-state index contributed by atoms with van der Waals surface area (Å²) in [5, 5.41) is 7.48. The molecule has 7 heteroatoms.